The lowest BCUT2D eigenvalue weighted by Crippen LogP contribution is -2.43. The minimum absolute atomic E-state index is 0.111. The van der Waals surface area contributed by atoms with Crippen molar-refractivity contribution in [1.29, 1.82) is 0 Å². The molecule has 1 aliphatic rings. The van der Waals surface area contributed by atoms with Gasteiger partial charge in [-0.25, -0.2) is 4.79 Å². The molecule has 1 aromatic rings. The molecule has 120 valence electrons. The van der Waals surface area contributed by atoms with Crippen molar-refractivity contribution < 1.29 is 14.7 Å². The predicted octanol–water partition coefficient (Wildman–Crippen LogP) is 2.71. The highest BCUT2D eigenvalue weighted by molar-refractivity contribution is 8.00. The first kappa shape index (κ1) is 17.2. The van der Waals surface area contributed by atoms with Gasteiger partial charge in [-0.1, -0.05) is 24.6 Å². The van der Waals surface area contributed by atoms with Crippen LogP contribution in [0.3, 0.4) is 0 Å². The standard InChI is InChI=1S/C16H21NO3S2/c1-10-3-5-12(6-4-10)22-13-7-14(16(19)20)17(8-13)15(18)11(2)9-21/h3-6,11,13-14,21H,7-9H2,1-2H3,(H,19,20)/t11?,13-,14-/m0/s1. The number of thiol groups is 1. The molecule has 1 N–H and O–H groups in total. The Morgan fingerprint density at radius 2 is 2.05 bits per heavy atom. The topological polar surface area (TPSA) is 57.6 Å². The number of carboxylic acid groups (broad SMARTS) is 1. The number of carbonyl (C=O) groups is 2. The molecule has 4 nitrogen and oxygen atoms in total. The van der Waals surface area contributed by atoms with Gasteiger partial charge in [-0.2, -0.15) is 12.6 Å². The van der Waals surface area contributed by atoms with Crippen LogP contribution in [0.1, 0.15) is 18.9 Å². The zero-order chi connectivity index (χ0) is 16.3. The third-order valence-corrected chi connectivity index (χ3v) is 5.62. The number of aliphatic carboxylic acids is 1. The number of likely N-dealkylation sites (tertiary alicyclic amines) is 1. The van der Waals surface area contributed by atoms with Crippen molar-refractivity contribution in [3.8, 4) is 0 Å². The van der Waals surface area contributed by atoms with E-state index >= 15 is 0 Å². The SMILES string of the molecule is Cc1ccc(S[C@H]2C[C@@H](C(=O)O)N(C(=O)C(C)CS)C2)cc1. The van der Waals surface area contributed by atoms with Crippen LogP contribution < -0.4 is 0 Å². The highest BCUT2D eigenvalue weighted by Gasteiger charge is 2.40. The maximum atomic E-state index is 12.3. The maximum Gasteiger partial charge on any atom is 0.326 e. The average Bonchev–Trinajstić information content (AvgIpc) is 2.92. The molecule has 0 radical (unpaired) electrons. The Hall–Kier alpha value is -1.14. The van der Waals surface area contributed by atoms with E-state index in [-0.39, 0.29) is 17.1 Å². The zero-order valence-corrected chi connectivity index (χ0v) is 14.4. The summed E-state index contributed by atoms with van der Waals surface area (Å²) in [4.78, 5) is 26.4. The van der Waals surface area contributed by atoms with E-state index in [4.69, 9.17) is 0 Å². The van der Waals surface area contributed by atoms with E-state index in [0.717, 1.165) is 4.90 Å². The quantitative estimate of drug-likeness (QED) is 0.810. The predicted molar refractivity (Wildman–Crippen MR) is 91.6 cm³/mol. The Bertz CT molecular complexity index is 547. The number of amides is 1. The molecule has 1 aliphatic heterocycles. The van der Waals surface area contributed by atoms with Crippen molar-refractivity contribution in [2.24, 2.45) is 5.92 Å². The first-order chi connectivity index (χ1) is 10.4. The lowest BCUT2D eigenvalue weighted by Gasteiger charge is -2.24. The Labute approximate surface area is 140 Å². The maximum absolute atomic E-state index is 12.3. The molecule has 0 spiro atoms. The van der Waals surface area contributed by atoms with Gasteiger partial charge in [0.2, 0.25) is 5.91 Å². The van der Waals surface area contributed by atoms with Gasteiger partial charge in [0.1, 0.15) is 6.04 Å². The molecular formula is C16H21NO3S2. The third kappa shape index (κ3) is 3.98. The summed E-state index contributed by atoms with van der Waals surface area (Å²) < 4.78 is 0. The molecular weight excluding hydrogens is 318 g/mol. The van der Waals surface area contributed by atoms with Gasteiger partial charge in [0, 0.05) is 28.4 Å². The molecule has 1 amide bonds. The lowest BCUT2D eigenvalue weighted by atomic mass is 10.1. The van der Waals surface area contributed by atoms with E-state index in [0.29, 0.717) is 18.7 Å². The van der Waals surface area contributed by atoms with Crippen LogP contribution in [-0.2, 0) is 9.59 Å². The average molecular weight is 339 g/mol. The minimum atomic E-state index is -0.924. The van der Waals surface area contributed by atoms with Crippen LogP contribution in [0.15, 0.2) is 29.2 Å². The fourth-order valence-corrected chi connectivity index (χ4v) is 3.88. The summed E-state index contributed by atoms with van der Waals surface area (Å²) in [6.07, 6.45) is 0.485. The minimum Gasteiger partial charge on any atom is -0.480 e. The normalized spacial score (nSPS) is 22.6. The number of aryl methyl sites for hydroxylation is 1. The molecule has 1 heterocycles. The molecule has 3 atom stereocenters. The van der Waals surface area contributed by atoms with Gasteiger partial charge in [-0.3, -0.25) is 4.79 Å². The number of hydrogen-bond donors (Lipinski definition) is 2. The Kier molecular flexibility index (Phi) is 5.81. The largest absolute Gasteiger partial charge is 0.480 e. The van der Waals surface area contributed by atoms with Crippen LogP contribution in [0, 0.1) is 12.8 Å². The zero-order valence-electron chi connectivity index (χ0n) is 12.7. The summed E-state index contributed by atoms with van der Waals surface area (Å²) in [6.45, 7) is 4.30. The molecule has 0 aliphatic carbocycles. The summed E-state index contributed by atoms with van der Waals surface area (Å²) in [5.74, 6) is -0.869. The van der Waals surface area contributed by atoms with Gasteiger partial charge < -0.3 is 10.0 Å². The van der Waals surface area contributed by atoms with Gasteiger partial charge in [0.25, 0.3) is 0 Å². The number of carboxylic acids is 1. The summed E-state index contributed by atoms with van der Waals surface area (Å²) in [5.41, 5.74) is 1.19. The summed E-state index contributed by atoms with van der Waals surface area (Å²) in [6, 6.07) is 7.43. The van der Waals surface area contributed by atoms with Gasteiger partial charge in [0.15, 0.2) is 0 Å². The number of hydrogen-bond acceptors (Lipinski definition) is 4. The number of rotatable bonds is 5. The highest BCUT2D eigenvalue weighted by Crippen LogP contribution is 2.33. The summed E-state index contributed by atoms with van der Waals surface area (Å²) >= 11 is 5.79. The fourth-order valence-electron chi connectivity index (χ4n) is 2.53. The van der Waals surface area contributed by atoms with Crippen molar-refractivity contribution in [2.75, 3.05) is 12.3 Å². The van der Waals surface area contributed by atoms with E-state index < -0.39 is 12.0 Å². The van der Waals surface area contributed by atoms with E-state index in [1.54, 1.807) is 18.7 Å². The molecule has 2 rings (SSSR count). The van der Waals surface area contributed by atoms with Gasteiger partial charge in [-0.05, 0) is 25.5 Å². The Morgan fingerprint density at radius 3 is 2.59 bits per heavy atom. The number of benzene rings is 1. The number of nitrogens with zero attached hydrogens (tertiary/aromatic N) is 1. The van der Waals surface area contributed by atoms with Gasteiger partial charge in [0.05, 0.1) is 0 Å². The van der Waals surface area contributed by atoms with Gasteiger partial charge >= 0.3 is 5.97 Å². The van der Waals surface area contributed by atoms with Crippen molar-refractivity contribution in [2.45, 2.75) is 36.5 Å². The van der Waals surface area contributed by atoms with Crippen molar-refractivity contribution in [3.63, 3.8) is 0 Å². The van der Waals surface area contributed by atoms with E-state index in [1.165, 1.54) is 10.5 Å². The molecule has 1 aromatic carbocycles. The van der Waals surface area contributed by atoms with Crippen molar-refractivity contribution >= 4 is 36.3 Å². The molecule has 0 bridgehead atoms. The monoisotopic (exact) mass is 339 g/mol. The van der Waals surface area contributed by atoms with Crippen LogP contribution >= 0.6 is 24.4 Å². The van der Waals surface area contributed by atoms with Crippen molar-refractivity contribution in [1.82, 2.24) is 4.90 Å². The Balaban J connectivity index is 2.08. The molecule has 1 unspecified atom stereocenters. The molecule has 0 aromatic heterocycles. The second-order valence-electron chi connectivity index (χ2n) is 5.72. The first-order valence-corrected chi connectivity index (χ1v) is 8.81. The molecule has 1 fully saturated rings. The summed E-state index contributed by atoms with van der Waals surface area (Å²) in [5, 5.41) is 9.50. The molecule has 0 saturated carbocycles. The fraction of sp³-hybridized carbons (Fsp3) is 0.500. The third-order valence-electron chi connectivity index (χ3n) is 3.85. The lowest BCUT2D eigenvalue weighted by molar-refractivity contribution is -0.149. The Morgan fingerprint density at radius 1 is 1.41 bits per heavy atom. The van der Waals surface area contributed by atoms with E-state index in [1.807, 2.05) is 31.2 Å². The van der Waals surface area contributed by atoms with E-state index in [9.17, 15) is 14.7 Å². The second kappa shape index (κ2) is 7.42. The van der Waals surface area contributed by atoms with Crippen LogP contribution in [0.2, 0.25) is 0 Å². The van der Waals surface area contributed by atoms with E-state index in [2.05, 4.69) is 12.6 Å². The smallest absolute Gasteiger partial charge is 0.326 e. The van der Waals surface area contributed by atoms with Crippen LogP contribution in [-0.4, -0.2) is 45.5 Å². The first-order valence-electron chi connectivity index (χ1n) is 7.30. The summed E-state index contributed by atoms with van der Waals surface area (Å²) in [7, 11) is 0. The van der Waals surface area contributed by atoms with Crippen LogP contribution in [0.5, 0.6) is 0 Å². The number of thioether (sulfide) groups is 1. The number of carbonyl (C=O) groups excluding carboxylic acids is 1. The van der Waals surface area contributed by atoms with Crippen LogP contribution in [0.25, 0.3) is 0 Å². The second-order valence-corrected chi connectivity index (χ2v) is 7.46. The van der Waals surface area contributed by atoms with Gasteiger partial charge in [-0.15, -0.1) is 11.8 Å². The highest BCUT2D eigenvalue weighted by atomic mass is 32.2. The molecule has 1 saturated heterocycles. The molecule has 6 heteroatoms. The van der Waals surface area contributed by atoms with Crippen LogP contribution in [0.4, 0.5) is 0 Å². The molecule has 22 heavy (non-hydrogen) atoms. The van der Waals surface area contributed by atoms with Crippen molar-refractivity contribution in [3.05, 3.63) is 29.8 Å².